The van der Waals surface area contributed by atoms with Gasteiger partial charge >= 0.3 is 0 Å². The van der Waals surface area contributed by atoms with Gasteiger partial charge in [0, 0.05) is 32.1 Å². The molecule has 2 aliphatic rings. The van der Waals surface area contributed by atoms with Crippen LogP contribution < -0.4 is 5.73 Å². The van der Waals surface area contributed by atoms with Crippen LogP contribution in [0.4, 0.5) is 0 Å². The molecule has 0 aliphatic carbocycles. The minimum absolute atomic E-state index is 0. The fourth-order valence-electron chi connectivity index (χ4n) is 2.71. The lowest BCUT2D eigenvalue weighted by molar-refractivity contribution is 0.456. The fourth-order valence-corrected chi connectivity index (χ4v) is 4.44. The number of hydrogen-bond donors (Lipinski definition) is 1. The number of nitrogens with zero attached hydrogens (tertiary/aromatic N) is 3. The molecule has 1 saturated heterocycles. The Kier molecular flexibility index (Phi) is 3.92. The molecule has 2 unspecified atom stereocenters. The molecule has 3 rings (SSSR count). The topological polar surface area (TPSA) is 81.2 Å². The van der Waals surface area contributed by atoms with Crippen LogP contribution in [0, 0.1) is 5.92 Å². The van der Waals surface area contributed by atoms with E-state index in [-0.39, 0.29) is 24.4 Å². The second kappa shape index (κ2) is 5.05. The Balaban J connectivity index is 0.00000133. The summed E-state index contributed by atoms with van der Waals surface area (Å²) >= 11 is 0. The van der Waals surface area contributed by atoms with E-state index in [4.69, 9.17) is 5.73 Å². The van der Waals surface area contributed by atoms with Gasteiger partial charge < -0.3 is 10.3 Å². The maximum Gasteiger partial charge on any atom is 0.260 e. The number of rotatable bonds is 2. The molecule has 0 saturated carbocycles. The average molecular weight is 307 g/mol. The van der Waals surface area contributed by atoms with Crippen molar-refractivity contribution < 1.29 is 8.42 Å². The summed E-state index contributed by atoms with van der Waals surface area (Å²) in [6, 6.07) is -0.0688. The first kappa shape index (κ1) is 14.8. The lowest BCUT2D eigenvalue weighted by Crippen LogP contribution is -2.33. The van der Waals surface area contributed by atoms with Crippen molar-refractivity contribution in [3.05, 3.63) is 12.0 Å². The second-order valence-electron chi connectivity index (χ2n) is 5.23. The van der Waals surface area contributed by atoms with Gasteiger partial charge in [0.15, 0.2) is 5.03 Å². The van der Waals surface area contributed by atoms with Gasteiger partial charge in [-0.25, -0.2) is 13.4 Å². The Morgan fingerprint density at radius 1 is 1.42 bits per heavy atom. The molecule has 6 nitrogen and oxygen atoms in total. The van der Waals surface area contributed by atoms with E-state index >= 15 is 0 Å². The van der Waals surface area contributed by atoms with Gasteiger partial charge in [0.25, 0.3) is 10.0 Å². The molecule has 2 atom stereocenters. The lowest BCUT2D eigenvalue weighted by atomic mass is 10.1. The highest BCUT2D eigenvalue weighted by Gasteiger charge is 2.37. The Morgan fingerprint density at radius 3 is 2.79 bits per heavy atom. The summed E-state index contributed by atoms with van der Waals surface area (Å²) in [6.45, 7) is 3.65. The number of imidazole rings is 1. The molecule has 0 amide bonds. The van der Waals surface area contributed by atoms with Gasteiger partial charge in [0.1, 0.15) is 5.82 Å². The first-order chi connectivity index (χ1) is 8.50. The van der Waals surface area contributed by atoms with Gasteiger partial charge in [0.2, 0.25) is 0 Å². The Morgan fingerprint density at radius 2 is 2.16 bits per heavy atom. The van der Waals surface area contributed by atoms with E-state index in [1.807, 2.05) is 11.5 Å². The summed E-state index contributed by atoms with van der Waals surface area (Å²) < 4.78 is 28.4. The van der Waals surface area contributed by atoms with Gasteiger partial charge in [-0.1, -0.05) is 6.92 Å². The van der Waals surface area contributed by atoms with Crippen LogP contribution in [0.15, 0.2) is 11.2 Å². The van der Waals surface area contributed by atoms with Crippen LogP contribution in [-0.2, 0) is 23.0 Å². The van der Waals surface area contributed by atoms with Crippen LogP contribution in [-0.4, -0.2) is 41.4 Å². The van der Waals surface area contributed by atoms with E-state index < -0.39 is 10.0 Å². The third-order valence-corrected chi connectivity index (χ3v) is 5.76. The van der Waals surface area contributed by atoms with Crippen molar-refractivity contribution in [1.82, 2.24) is 13.9 Å². The van der Waals surface area contributed by atoms with Crippen LogP contribution in [0.5, 0.6) is 0 Å². The predicted molar refractivity (Wildman–Crippen MR) is 73.7 cm³/mol. The molecule has 3 heterocycles. The number of nitrogens with two attached hydrogens (primary N) is 1. The first-order valence-corrected chi connectivity index (χ1v) is 7.74. The van der Waals surface area contributed by atoms with Crippen molar-refractivity contribution in [2.24, 2.45) is 11.7 Å². The standard InChI is InChI=1S/C11H18N4O2S.ClH/c1-8-6-14(7-9(8)12)18(16,17)11-5-13-10-3-2-4-15(10)11;/h5,8-9H,2-4,6-7,12H2,1H3;1H. The first-order valence-electron chi connectivity index (χ1n) is 6.30. The molecular formula is C11H19ClN4O2S. The number of sulfonamides is 1. The Bertz CT molecular complexity index is 561. The van der Waals surface area contributed by atoms with E-state index in [9.17, 15) is 8.42 Å². The van der Waals surface area contributed by atoms with Crippen LogP contribution in [0.2, 0.25) is 0 Å². The molecule has 0 spiro atoms. The van der Waals surface area contributed by atoms with Crippen molar-refractivity contribution in [3.8, 4) is 0 Å². The van der Waals surface area contributed by atoms with Gasteiger partial charge in [0.05, 0.1) is 6.20 Å². The molecule has 2 aliphatic heterocycles. The van der Waals surface area contributed by atoms with Gasteiger partial charge in [-0.15, -0.1) is 12.4 Å². The molecule has 2 N–H and O–H groups in total. The number of halogens is 1. The Hall–Kier alpha value is -0.630. The summed E-state index contributed by atoms with van der Waals surface area (Å²) in [4.78, 5) is 4.20. The molecule has 108 valence electrons. The Labute approximate surface area is 119 Å². The van der Waals surface area contributed by atoms with Gasteiger partial charge in [-0.05, 0) is 12.3 Å². The lowest BCUT2D eigenvalue weighted by Gasteiger charge is -2.16. The summed E-state index contributed by atoms with van der Waals surface area (Å²) in [7, 11) is -3.43. The van der Waals surface area contributed by atoms with E-state index in [0.717, 1.165) is 25.2 Å². The highest BCUT2D eigenvalue weighted by Crippen LogP contribution is 2.26. The maximum atomic E-state index is 12.6. The highest BCUT2D eigenvalue weighted by molar-refractivity contribution is 7.89. The zero-order chi connectivity index (χ0) is 12.9. The number of fused-ring (bicyclic) bond motifs is 1. The monoisotopic (exact) mass is 306 g/mol. The quantitative estimate of drug-likeness (QED) is 0.847. The molecule has 0 radical (unpaired) electrons. The van der Waals surface area contributed by atoms with Crippen molar-refractivity contribution in [3.63, 3.8) is 0 Å². The number of aryl methyl sites for hydroxylation is 1. The van der Waals surface area contributed by atoms with Crippen LogP contribution >= 0.6 is 12.4 Å². The fraction of sp³-hybridized carbons (Fsp3) is 0.727. The molecular weight excluding hydrogens is 288 g/mol. The van der Waals surface area contributed by atoms with Crippen LogP contribution in [0.25, 0.3) is 0 Å². The van der Waals surface area contributed by atoms with E-state index in [1.54, 1.807) is 0 Å². The van der Waals surface area contributed by atoms with E-state index in [2.05, 4.69) is 4.98 Å². The van der Waals surface area contributed by atoms with Gasteiger partial charge in [-0.2, -0.15) is 4.31 Å². The van der Waals surface area contributed by atoms with E-state index in [0.29, 0.717) is 18.1 Å². The summed E-state index contributed by atoms with van der Waals surface area (Å²) in [5.74, 6) is 1.09. The third-order valence-electron chi connectivity index (χ3n) is 3.92. The minimum atomic E-state index is -3.43. The molecule has 1 fully saturated rings. The van der Waals surface area contributed by atoms with Crippen molar-refractivity contribution in [2.75, 3.05) is 13.1 Å². The minimum Gasteiger partial charge on any atom is -0.326 e. The van der Waals surface area contributed by atoms with Crippen molar-refractivity contribution in [1.29, 1.82) is 0 Å². The molecule has 8 heteroatoms. The molecule has 0 bridgehead atoms. The maximum absolute atomic E-state index is 12.6. The second-order valence-corrected chi connectivity index (χ2v) is 7.12. The predicted octanol–water partition coefficient (Wildman–Crippen LogP) is 0.219. The highest BCUT2D eigenvalue weighted by atomic mass is 35.5. The molecule has 1 aromatic heterocycles. The average Bonchev–Trinajstić information content (AvgIpc) is 2.94. The molecule has 1 aromatic rings. The number of hydrogen-bond acceptors (Lipinski definition) is 4. The SMILES string of the molecule is CC1CN(S(=O)(=O)c2cnc3n2CCC3)CC1N.Cl. The van der Waals surface area contributed by atoms with Crippen LogP contribution in [0.3, 0.4) is 0 Å². The normalized spacial score (nSPS) is 27.3. The third kappa shape index (κ3) is 2.29. The molecule has 0 aromatic carbocycles. The van der Waals surface area contributed by atoms with Crippen molar-refractivity contribution >= 4 is 22.4 Å². The summed E-state index contributed by atoms with van der Waals surface area (Å²) in [6.07, 6.45) is 3.32. The summed E-state index contributed by atoms with van der Waals surface area (Å²) in [5.41, 5.74) is 5.90. The van der Waals surface area contributed by atoms with E-state index in [1.165, 1.54) is 10.5 Å². The smallest absolute Gasteiger partial charge is 0.260 e. The van der Waals surface area contributed by atoms with Gasteiger partial charge in [-0.3, -0.25) is 0 Å². The zero-order valence-electron chi connectivity index (χ0n) is 10.8. The van der Waals surface area contributed by atoms with Crippen LogP contribution in [0.1, 0.15) is 19.2 Å². The largest absolute Gasteiger partial charge is 0.326 e. The summed E-state index contributed by atoms with van der Waals surface area (Å²) in [5, 5.41) is 0.330. The number of aromatic nitrogens is 2. The molecule has 19 heavy (non-hydrogen) atoms. The van der Waals surface area contributed by atoms with Crippen molar-refractivity contribution in [2.45, 2.75) is 37.4 Å². The zero-order valence-corrected chi connectivity index (χ0v) is 12.5.